The number of nitrogens with one attached hydrogen (secondary N) is 3. The van der Waals surface area contributed by atoms with E-state index in [4.69, 9.17) is 5.73 Å². The van der Waals surface area contributed by atoms with Crippen molar-refractivity contribution in [1.29, 1.82) is 0 Å². The molecule has 2 aromatic carbocycles. The first kappa shape index (κ1) is 24.9. The van der Waals surface area contributed by atoms with E-state index in [2.05, 4.69) is 30.8 Å². The van der Waals surface area contributed by atoms with E-state index in [9.17, 15) is 9.59 Å². The Morgan fingerprint density at radius 1 is 1.08 bits per heavy atom. The number of nitrogen functional groups attached to an aromatic ring is 1. The molecule has 9 nitrogen and oxygen atoms in total. The Morgan fingerprint density at radius 2 is 1.95 bits per heavy atom. The molecule has 37 heavy (non-hydrogen) atoms. The summed E-state index contributed by atoms with van der Waals surface area (Å²) in [4.78, 5) is 36.9. The highest BCUT2D eigenvalue weighted by Gasteiger charge is 2.28. The standard InChI is InChI=1S/C28H33N7O2/c29-26-25(28(37)33-23-11-13-35(18-23)17-22-10-5-12-30-22)34-24(16-31-26)20-8-4-9-21(14-20)27(36)32-15-19-6-2-1-3-7-19/h1-4,6-9,14,16,22-23,30H,5,10-13,15,17-18H2,(H2,29,31)(H,32,36)(H,33,37)/t22-,23+/m1/s1. The lowest BCUT2D eigenvalue weighted by molar-refractivity contribution is 0.0930. The molecule has 0 bridgehead atoms. The summed E-state index contributed by atoms with van der Waals surface area (Å²) in [5, 5.41) is 9.55. The van der Waals surface area contributed by atoms with Crippen LogP contribution in [0.15, 0.2) is 60.8 Å². The average molecular weight is 500 g/mol. The summed E-state index contributed by atoms with van der Waals surface area (Å²) >= 11 is 0. The van der Waals surface area contributed by atoms with Gasteiger partial charge in [0.2, 0.25) is 0 Å². The minimum absolute atomic E-state index is 0.0513. The molecule has 1 aromatic heterocycles. The van der Waals surface area contributed by atoms with Crippen LogP contribution >= 0.6 is 0 Å². The van der Waals surface area contributed by atoms with Crippen LogP contribution in [0.1, 0.15) is 45.7 Å². The second-order valence-corrected chi connectivity index (χ2v) is 9.75. The van der Waals surface area contributed by atoms with Crippen molar-refractivity contribution in [1.82, 2.24) is 30.8 Å². The zero-order valence-electron chi connectivity index (χ0n) is 20.8. The normalized spacial score (nSPS) is 19.6. The van der Waals surface area contributed by atoms with Gasteiger partial charge < -0.3 is 21.7 Å². The van der Waals surface area contributed by atoms with Gasteiger partial charge >= 0.3 is 0 Å². The van der Waals surface area contributed by atoms with E-state index in [0.29, 0.717) is 29.4 Å². The second-order valence-electron chi connectivity index (χ2n) is 9.75. The number of nitrogens with two attached hydrogens (primary N) is 1. The molecule has 2 fully saturated rings. The molecule has 2 saturated heterocycles. The smallest absolute Gasteiger partial charge is 0.274 e. The van der Waals surface area contributed by atoms with Crippen molar-refractivity contribution in [2.75, 3.05) is 31.9 Å². The molecule has 3 heterocycles. The number of benzene rings is 2. The fourth-order valence-electron chi connectivity index (χ4n) is 5.00. The van der Waals surface area contributed by atoms with Crippen molar-refractivity contribution in [3.05, 3.63) is 77.6 Å². The van der Waals surface area contributed by atoms with Crippen LogP contribution in [0.5, 0.6) is 0 Å². The Labute approximate surface area is 216 Å². The van der Waals surface area contributed by atoms with Gasteiger partial charge in [-0.3, -0.25) is 14.5 Å². The third kappa shape index (κ3) is 6.31. The molecule has 2 aliphatic rings. The van der Waals surface area contributed by atoms with Crippen molar-refractivity contribution in [2.24, 2.45) is 0 Å². The fraction of sp³-hybridized carbons (Fsp3) is 0.357. The molecule has 3 aromatic rings. The minimum atomic E-state index is -0.325. The molecule has 5 rings (SSSR count). The van der Waals surface area contributed by atoms with Crippen LogP contribution < -0.4 is 21.7 Å². The van der Waals surface area contributed by atoms with Crippen molar-refractivity contribution < 1.29 is 9.59 Å². The van der Waals surface area contributed by atoms with E-state index in [1.165, 1.54) is 19.0 Å². The summed E-state index contributed by atoms with van der Waals surface area (Å²) in [6, 6.07) is 17.4. The minimum Gasteiger partial charge on any atom is -0.382 e. The Morgan fingerprint density at radius 3 is 2.76 bits per heavy atom. The van der Waals surface area contributed by atoms with Gasteiger partial charge in [-0.25, -0.2) is 9.97 Å². The summed E-state index contributed by atoms with van der Waals surface area (Å²) < 4.78 is 0. The Hall–Kier alpha value is -3.82. The Bertz CT molecular complexity index is 1240. The predicted molar refractivity (Wildman–Crippen MR) is 143 cm³/mol. The number of carbonyl (C=O) groups excluding carboxylic acids is 2. The first-order valence-corrected chi connectivity index (χ1v) is 12.9. The maximum Gasteiger partial charge on any atom is 0.274 e. The third-order valence-corrected chi connectivity index (χ3v) is 6.98. The third-order valence-electron chi connectivity index (χ3n) is 6.98. The molecule has 9 heteroatoms. The summed E-state index contributed by atoms with van der Waals surface area (Å²) in [6.45, 7) is 4.32. The van der Waals surface area contributed by atoms with Crippen LogP contribution in [0.25, 0.3) is 11.3 Å². The van der Waals surface area contributed by atoms with E-state index >= 15 is 0 Å². The predicted octanol–water partition coefficient (Wildman–Crippen LogP) is 2.21. The van der Waals surface area contributed by atoms with E-state index in [1.807, 2.05) is 36.4 Å². The van der Waals surface area contributed by atoms with E-state index in [-0.39, 0.29) is 29.4 Å². The highest BCUT2D eigenvalue weighted by molar-refractivity contribution is 5.97. The van der Waals surface area contributed by atoms with Crippen molar-refractivity contribution in [2.45, 2.75) is 37.9 Å². The molecule has 192 valence electrons. The van der Waals surface area contributed by atoms with Crippen molar-refractivity contribution in [3.8, 4) is 11.3 Å². The SMILES string of the molecule is Nc1ncc(-c2cccc(C(=O)NCc3ccccc3)c2)nc1C(=O)N[C@H]1CCN(C[C@H]2CCCN2)C1. The molecule has 0 radical (unpaired) electrons. The van der Waals surface area contributed by atoms with Crippen LogP contribution in [0.2, 0.25) is 0 Å². The fourth-order valence-corrected chi connectivity index (χ4v) is 5.00. The van der Waals surface area contributed by atoms with Crippen molar-refractivity contribution in [3.63, 3.8) is 0 Å². The number of likely N-dealkylation sites (tertiary alicyclic amines) is 1. The number of carbonyl (C=O) groups is 2. The molecule has 0 saturated carbocycles. The summed E-state index contributed by atoms with van der Waals surface area (Å²) in [5.74, 6) is -0.428. The number of anilines is 1. The van der Waals surface area contributed by atoms with Crippen LogP contribution in [0, 0.1) is 0 Å². The van der Waals surface area contributed by atoms with E-state index in [1.54, 1.807) is 18.2 Å². The number of nitrogens with zero attached hydrogens (tertiary/aromatic N) is 3. The lowest BCUT2D eigenvalue weighted by atomic mass is 10.1. The quantitative estimate of drug-likeness (QED) is 0.374. The summed E-state index contributed by atoms with van der Waals surface area (Å²) in [5.41, 5.74) is 8.83. The summed E-state index contributed by atoms with van der Waals surface area (Å²) in [6.07, 6.45) is 4.86. The molecule has 0 aliphatic carbocycles. The van der Waals surface area contributed by atoms with Gasteiger partial charge in [0.25, 0.3) is 11.8 Å². The maximum atomic E-state index is 13.1. The number of amides is 2. The van der Waals surface area contributed by atoms with E-state index < -0.39 is 0 Å². The van der Waals surface area contributed by atoms with Crippen LogP contribution in [0.3, 0.4) is 0 Å². The van der Waals surface area contributed by atoms with Crippen LogP contribution in [0.4, 0.5) is 5.82 Å². The molecule has 0 unspecified atom stereocenters. The van der Waals surface area contributed by atoms with Gasteiger partial charge in [0.1, 0.15) is 0 Å². The van der Waals surface area contributed by atoms with Gasteiger partial charge in [0.15, 0.2) is 11.5 Å². The molecule has 2 aliphatic heterocycles. The largest absolute Gasteiger partial charge is 0.382 e. The molecule has 2 atom stereocenters. The molecule has 2 amide bonds. The zero-order valence-corrected chi connectivity index (χ0v) is 20.8. The first-order chi connectivity index (χ1) is 18.0. The topological polar surface area (TPSA) is 125 Å². The number of hydrogen-bond donors (Lipinski definition) is 4. The van der Waals surface area contributed by atoms with Gasteiger partial charge in [-0.1, -0.05) is 42.5 Å². The second kappa shape index (κ2) is 11.5. The number of rotatable bonds is 8. The maximum absolute atomic E-state index is 13.1. The van der Waals surface area contributed by atoms with Crippen molar-refractivity contribution >= 4 is 17.6 Å². The summed E-state index contributed by atoms with van der Waals surface area (Å²) in [7, 11) is 0. The Kier molecular flexibility index (Phi) is 7.72. The van der Waals surface area contributed by atoms with Gasteiger partial charge in [-0.2, -0.15) is 0 Å². The first-order valence-electron chi connectivity index (χ1n) is 12.9. The Balaban J connectivity index is 1.23. The monoisotopic (exact) mass is 499 g/mol. The van der Waals surface area contributed by atoms with Gasteiger partial charge in [-0.05, 0) is 43.5 Å². The zero-order chi connectivity index (χ0) is 25.6. The highest BCUT2D eigenvalue weighted by Crippen LogP contribution is 2.21. The highest BCUT2D eigenvalue weighted by atomic mass is 16.2. The lowest BCUT2D eigenvalue weighted by Gasteiger charge is -2.20. The number of aromatic nitrogens is 2. The molecule has 5 N–H and O–H groups in total. The molecular weight excluding hydrogens is 466 g/mol. The molecule has 0 spiro atoms. The van der Waals surface area contributed by atoms with Crippen LogP contribution in [-0.2, 0) is 6.54 Å². The van der Waals surface area contributed by atoms with Crippen LogP contribution in [-0.4, -0.2) is 64.9 Å². The number of hydrogen-bond acceptors (Lipinski definition) is 7. The lowest BCUT2D eigenvalue weighted by Crippen LogP contribution is -2.40. The van der Waals surface area contributed by atoms with Gasteiger partial charge in [-0.15, -0.1) is 0 Å². The molecular formula is C28H33N7O2. The van der Waals surface area contributed by atoms with Gasteiger partial charge in [0, 0.05) is 49.4 Å². The van der Waals surface area contributed by atoms with Gasteiger partial charge in [0.05, 0.1) is 11.9 Å². The average Bonchev–Trinajstić information content (AvgIpc) is 3.60. The van der Waals surface area contributed by atoms with E-state index in [0.717, 1.165) is 38.2 Å².